The first-order valence-electron chi connectivity index (χ1n) is 6.74. The minimum atomic E-state index is 0.139. The van der Waals surface area contributed by atoms with Gasteiger partial charge in [0, 0.05) is 25.2 Å². The highest BCUT2D eigenvalue weighted by Crippen LogP contribution is 2.29. The third-order valence-electron chi connectivity index (χ3n) is 3.28. The SMILES string of the molecule is CC(C)(C)NCc1ccc(N2CCCC2)c(Cl)c1. The third kappa shape index (κ3) is 3.63. The predicted molar refractivity (Wildman–Crippen MR) is 79.5 cm³/mol. The summed E-state index contributed by atoms with van der Waals surface area (Å²) in [6, 6.07) is 6.43. The second-order valence-corrected chi connectivity index (χ2v) is 6.49. The van der Waals surface area contributed by atoms with Gasteiger partial charge in [-0.15, -0.1) is 0 Å². The summed E-state index contributed by atoms with van der Waals surface area (Å²) in [4.78, 5) is 2.38. The maximum absolute atomic E-state index is 6.39. The molecule has 100 valence electrons. The van der Waals surface area contributed by atoms with Crippen molar-refractivity contribution in [3.8, 4) is 0 Å². The van der Waals surface area contributed by atoms with Gasteiger partial charge in [-0.2, -0.15) is 0 Å². The number of rotatable bonds is 3. The van der Waals surface area contributed by atoms with E-state index in [-0.39, 0.29) is 5.54 Å². The van der Waals surface area contributed by atoms with Gasteiger partial charge in [-0.25, -0.2) is 0 Å². The Hall–Kier alpha value is -0.730. The van der Waals surface area contributed by atoms with Crippen molar-refractivity contribution in [1.82, 2.24) is 5.32 Å². The van der Waals surface area contributed by atoms with Crippen molar-refractivity contribution in [3.63, 3.8) is 0 Å². The fourth-order valence-corrected chi connectivity index (χ4v) is 2.56. The van der Waals surface area contributed by atoms with Crippen LogP contribution in [0.5, 0.6) is 0 Å². The van der Waals surface area contributed by atoms with Gasteiger partial charge < -0.3 is 10.2 Å². The molecule has 0 aliphatic carbocycles. The van der Waals surface area contributed by atoms with Crippen molar-refractivity contribution in [3.05, 3.63) is 28.8 Å². The number of halogens is 1. The van der Waals surface area contributed by atoms with E-state index in [9.17, 15) is 0 Å². The van der Waals surface area contributed by atoms with Gasteiger partial charge in [0.1, 0.15) is 0 Å². The highest BCUT2D eigenvalue weighted by molar-refractivity contribution is 6.33. The van der Waals surface area contributed by atoms with E-state index in [1.165, 1.54) is 24.1 Å². The van der Waals surface area contributed by atoms with Crippen molar-refractivity contribution in [2.75, 3.05) is 18.0 Å². The van der Waals surface area contributed by atoms with Crippen molar-refractivity contribution >= 4 is 17.3 Å². The molecule has 1 aromatic rings. The Balaban J connectivity index is 2.05. The van der Waals surface area contributed by atoms with Crippen LogP contribution in [0, 0.1) is 0 Å². The van der Waals surface area contributed by atoms with Crippen LogP contribution in [0.25, 0.3) is 0 Å². The molecular weight excluding hydrogens is 244 g/mol. The molecule has 2 rings (SSSR count). The normalized spacial score (nSPS) is 16.3. The predicted octanol–water partition coefficient (Wildman–Crippen LogP) is 3.83. The number of hydrogen-bond acceptors (Lipinski definition) is 2. The molecule has 1 N–H and O–H groups in total. The summed E-state index contributed by atoms with van der Waals surface area (Å²) < 4.78 is 0. The average Bonchev–Trinajstić information content (AvgIpc) is 2.79. The summed E-state index contributed by atoms with van der Waals surface area (Å²) in [5.41, 5.74) is 2.58. The van der Waals surface area contributed by atoms with Gasteiger partial charge in [0.2, 0.25) is 0 Å². The van der Waals surface area contributed by atoms with Gasteiger partial charge in [0.25, 0.3) is 0 Å². The van der Waals surface area contributed by atoms with Crippen molar-refractivity contribution in [1.29, 1.82) is 0 Å². The molecule has 1 heterocycles. The topological polar surface area (TPSA) is 15.3 Å². The first-order valence-corrected chi connectivity index (χ1v) is 7.12. The number of hydrogen-bond donors (Lipinski definition) is 1. The molecule has 0 saturated carbocycles. The zero-order valence-corrected chi connectivity index (χ0v) is 12.3. The minimum absolute atomic E-state index is 0.139. The molecule has 0 amide bonds. The van der Waals surface area contributed by atoms with Crippen LogP contribution in [0.15, 0.2) is 18.2 Å². The summed E-state index contributed by atoms with van der Waals surface area (Å²) in [7, 11) is 0. The van der Waals surface area contributed by atoms with E-state index in [1.54, 1.807) is 0 Å². The highest BCUT2D eigenvalue weighted by atomic mass is 35.5. The molecule has 1 aromatic carbocycles. The number of anilines is 1. The van der Waals surface area contributed by atoms with E-state index < -0.39 is 0 Å². The van der Waals surface area contributed by atoms with Crippen LogP contribution in [0.4, 0.5) is 5.69 Å². The zero-order chi connectivity index (χ0) is 13.2. The van der Waals surface area contributed by atoms with E-state index in [0.717, 1.165) is 24.7 Å². The number of nitrogens with zero attached hydrogens (tertiary/aromatic N) is 1. The first kappa shape index (κ1) is 13.7. The third-order valence-corrected chi connectivity index (χ3v) is 3.58. The van der Waals surface area contributed by atoms with Gasteiger partial charge in [-0.05, 0) is 51.3 Å². The van der Waals surface area contributed by atoms with Crippen LogP contribution in [0.3, 0.4) is 0 Å². The summed E-state index contributed by atoms with van der Waals surface area (Å²) in [5.74, 6) is 0. The van der Waals surface area contributed by atoms with E-state index in [1.807, 2.05) is 0 Å². The maximum atomic E-state index is 6.39. The Kier molecular flexibility index (Phi) is 4.18. The lowest BCUT2D eigenvalue weighted by molar-refractivity contribution is 0.424. The molecule has 2 nitrogen and oxygen atoms in total. The van der Waals surface area contributed by atoms with Gasteiger partial charge in [0.05, 0.1) is 10.7 Å². The number of benzene rings is 1. The monoisotopic (exact) mass is 266 g/mol. The molecular formula is C15H23ClN2. The smallest absolute Gasteiger partial charge is 0.0642 e. The molecule has 0 aromatic heterocycles. The average molecular weight is 267 g/mol. The first-order chi connectivity index (χ1) is 8.46. The standard InChI is InChI=1S/C15H23ClN2/c1-15(2,3)17-11-12-6-7-14(13(16)10-12)18-8-4-5-9-18/h6-7,10,17H,4-5,8-9,11H2,1-3H3. The van der Waals surface area contributed by atoms with Crippen molar-refractivity contribution < 1.29 is 0 Å². The lowest BCUT2D eigenvalue weighted by atomic mass is 10.1. The molecule has 1 saturated heterocycles. The van der Waals surface area contributed by atoms with E-state index in [0.29, 0.717) is 0 Å². The Morgan fingerprint density at radius 3 is 2.44 bits per heavy atom. The second kappa shape index (κ2) is 5.50. The van der Waals surface area contributed by atoms with Crippen molar-refractivity contribution in [2.24, 2.45) is 0 Å². The Labute approximate surface area is 115 Å². The van der Waals surface area contributed by atoms with Crippen LogP contribution in [-0.2, 0) is 6.54 Å². The highest BCUT2D eigenvalue weighted by Gasteiger charge is 2.15. The number of nitrogens with one attached hydrogen (secondary N) is 1. The molecule has 0 bridgehead atoms. The quantitative estimate of drug-likeness (QED) is 0.895. The van der Waals surface area contributed by atoms with Crippen LogP contribution in [0.1, 0.15) is 39.2 Å². The van der Waals surface area contributed by atoms with Gasteiger partial charge in [0.15, 0.2) is 0 Å². The molecule has 1 aliphatic heterocycles. The lowest BCUT2D eigenvalue weighted by Gasteiger charge is -2.22. The van der Waals surface area contributed by atoms with E-state index >= 15 is 0 Å². The largest absolute Gasteiger partial charge is 0.370 e. The zero-order valence-electron chi connectivity index (χ0n) is 11.6. The lowest BCUT2D eigenvalue weighted by Crippen LogP contribution is -2.35. The molecule has 3 heteroatoms. The molecule has 0 unspecified atom stereocenters. The fraction of sp³-hybridized carbons (Fsp3) is 0.600. The summed E-state index contributed by atoms with van der Waals surface area (Å²) >= 11 is 6.39. The van der Waals surface area contributed by atoms with Gasteiger partial charge in [-0.1, -0.05) is 17.7 Å². The molecule has 1 aliphatic rings. The molecule has 18 heavy (non-hydrogen) atoms. The summed E-state index contributed by atoms with van der Waals surface area (Å²) in [6.07, 6.45) is 2.56. The van der Waals surface area contributed by atoms with Gasteiger partial charge >= 0.3 is 0 Å². The van der Waals surface area contributed by atoms with E-state index in [2.05, 4.69) is 49.2 Å². The van der Waals surface area contributed by atoms with Crippen molar-refractivity contribution in [2.45, 2.75) is 45.7 Å². The second-order valence-electron chi connectivity index (χ2n) is 6.08. The molecule has 0 spiro atoms. The van der Waals surface area contributed by atoms with Gasteiger partial charge in [-0.3, -0.25) is 0 Å². The van der Waals surface area contributed by atoms with Crippen LogP contribution in [0.2, 0.25) is 5.02 Å². The molecule has 0 radical (unpaired) electrons. The summed E-state index contributed by atoms with van der Waals surface area (Å²) in [6.45, 7) is 9.66. The minimum Gasteiger partial charge on any atom is -0.370 e. The maximum Gasteiger partial charge on any atom is 0.0642 e. The fourth-order valence-electron chi connectivity index (χ4n) is 2.24. The Morgan fingerprint density at radius 1 is 1.22 bits per heavy atom. The Morgan fingerprint density at radius 2 is 1.89 bits per heavy atom. The summed E-state index contributed by atoms with van der Waals surface area (Å²) in [5, 5.41) is 4.36. The van der Waals surface area contributed by atoms with E-state index in [4.69, 9.17) is 11.6 Å². The Bertz CT molecular complexity index is 403. The van der Waals surface area contributed by atoms with Crippen LogP contribution < -0.4 is 10.2 Å². The van der Waals surface area contributed by atoms with Crippen LogP contribution in [-0.4, -0.2) is 18.6 Å². The molecule has 0 atom stereocenters. The van der Waals surface area contributed by atoms with Crippen LogP contribution >= 0.6 is 11.6 Å². The molecule has 1 fully saturated rings.